The van der Waals surface area contributed by atoms with Crippen LogP contribution in [0.25, 0.3) is 6.08 Å². The summed E-state index contributed by atoms with van der Waals surface area (Å²) >= 11 is 0. The van der Waals surface area contributed by atoms with E-state index in [1.807, 2.05) is 36.4 Å². The van der Waals surface area contributed by atoms with Crippen LogP contribution in [0, 0.1) is 0 Å². The van der Waals surface area contributed by atoms with Crippen molar-refractivity contribution in [1.29, 1.82) is 0 Å². The Hall–Kier alpha value is -1.06. The summed E-state index contributed by atoms with van der Waals surface area (Å²) in [4.78, 5) is 0. The Morgan fingerprint density at radius 1 is 1.20 bits per heavy atom. The molecule has 1 rings (SSSR count). The van der Waals surface area contributed by atoms with E-state index in [4.69, 9.17) is 10.7 Å². The minimum absolute atomic E-state index is 0.158. The summed E-state index contributed by atoms with van der Waals surface area (Å²) in [7, 11) is 1.41. The van der Waals surface area contributed by atoms with Gasteiger partial charge in [0.2, 0.25) is 9.05 Å². The Balaban J connectivity index is 0.000000265. The minimum atomic E-state index is -3.32. The van der Waals surface area contributed by atoms with Gasteiger partial charge in [-0.2, -0.15) is 0 Å². The van der Waals surface area contributed by atoms with E-state index < -0.39 is 9.05 Å². The lowest BCUT2D eigenvalue weighted by atomic mass is 10.2. The summed E-state index contributed by atoms with van der Waals surface area (Å²) in [5.41, 5.74) is 1.17. The molecule has 1 aromatic carbocycles. The number of benzene rings is 1. The number of halogens is 1. The van der Waals surface area contributed by atoms with Gasteiger partial charge in [0.15, 0.2) is 0 Å². The normalized spacial score (nSPS) is 9.67. The maximum Gasteiger partial charge on any atom is 0.236 e. The fourth-order valence-corrected chi connectivity index (χ4v) is 1.28. The van der Waals surface area contributed by atoms with E-state index in [0.29, 0.717) is 0 Å². The van der Waals surface area contributed by atoms with Crippen molar-refractivity contribution < 1.29 is 8.42 Å². The molecule has 0 fully saturated rings. The molecule has 0 heterocycles. The molecule has 0 aromatic heterocycles. The van der Waals surface area contributed by atoms with E-state index >= 15 is 0 Å². The Morgan fingerprint density at radius 3 is 1.93 bits per heavy atom. The number of hydrogen-bond donors (Lipinski definition) is 0. The standard InChI is InChI=1S/C8H8.C3H5ClO2S/c1-2-8-6-4-3-5-7-8;1-2-3-7(4,5)6/h2-7H,1H2;2H,1,3H2. The van der Waals surface area contributed by atoms with Crippen LogP contribution in [0.1, 0.15) is 5.56 Å². The maximum absolute atomic E-state index is 9.93. The number of hydrogen-bond acceptors (Lipinski definition) is 2. The summed E-state index contributed by atoms with van der Waals surface area (Å²) in [5.74, 6) is -0.158. The zero-order valence-electron chi connectivity index (χ0n) is 8.27. The molecule has 0 aliphatic heterocycles. The summed E-state index contributed by atoms with van der Waals surface area (Å²) in [5, 5.41) is 0. The van der Waals surface area contributed by atoms with Crippen molar-refractivity contribution >= 4 is 25.8 Å². The molecule has 0 amide bonds. The molecule has 0 atom stereocenters. The first-order valence-corrected chi connectivity index (χ1v) is 6.68. The lowest BCUT2D eigenvalue weighted by Gasteiger charge is -1.85. The molecule has 0 N–H and O–H groups in total. The van der Waals surface area contributed by atoms with Crippen LogP contribution in [0.4, 0.5) is 0 Å². The average molecular weight is 245 g/mol. The van der Waals surface area contributed by atoms with Crippen LogP contribution < -0.4 is 0 Å². The van der Waals surface area contributed by atoms with Gasteiger partial charge in [0.25, 0.3) is 0 Å². The van der Waals surface area contributed by atoms with E-state index in [1.165, 1.54) is 11.6 Å². The molecule has 0 bridgehead atoms. The quantitative estimate of drug-likeness (QED) is 0.605. The highest BCUT2D eigenvalue weighted by molar-refractivity contribution is 8.13. The number of rotatable bonds is 3. The van der Waals surface area contributed by atoms with Gasteiger partial charge in [0.05, 0.1) is 5.75 Å². The third-order valence-corrected chi connectivity index (χ3v) is 2.36. The van der Waals surface area contributed by atoms with Crippen molar-refractivity contribution in [2.75, 3.05) is 5.75 Å². The first-order chi connectivity index (χ1) is 6.99. The Morgan fingerprint density at radius 2 is 1.73 bits per heavy atom. The minimum Gasteiger partial charge on any atom is -0.212 e. The predicted octanol–water partition coefficient (Wildman–Crippen LogP) is 3.07. The van der Waals surface area contributed by atoms with Crippen molar-refractivity contribution in [3.8, 4) is 0 Å². The lowest BCUT2D eigenvalue weighted by molar-refractivity contribution is 0.612. The molecule has 2 nitrogen and oxygen atoms in total. The van der Waals surface area contributed by atoms with Crippen LogP contribution in [0.2, 0.25) is 0 Å². The summed E-state index contributed by atoms with van der Waals surface area (Å²) in [6.07, 6.45) is 3.07. The molecule has 0 unspecified atom stereocenters. The first-order valence-electron chi connectivity index (χ1n) is 4.20. The zero-order valence-corrected chi connectivity index (χ0v) is 9.84. The van der Waals surface area contributed by atoms with E-state index in [1.54, 1.807) is 0 Å². The molecular formula is C11H13ClO2S. The van der Waals surface area contributed by atoms with Gasteiger partial charge in [-0.15, -0.1) is 6.58 Å². The molecule has 0 aliphatic rings. The van der Waals surface area contributed by atoms with Gasteiger partial charge in [-0.25, -0.2) is 8.42 Å². The summed E-state index contributed by atoms with van der Waals surface area (Å²) < 4.78 is 19.9. The van der Waals surface area contributed by atoms with Crippen LogP contribution in [0.5, 0.6) is 0 Å². The van der Waals surface area contributed by atoms with Crippen LogP contribution in [0.3, 0.4) is 0 Å². The first kappa shape index (κ1) is 13.9. The molecule has 0 radical (unpaired) electrons. The third-order valence-electron chi connectivity index (χ3n) is 1.35. The summed E-state index contributed by atoms with van der Waals surface area (Å²) in [6.45, 7) is 6.81. The van der Waals surface area contributed by atoms with Crippen molar-refractivity contribution in [2.24, 2.45) is 0 Å². The predicted molar refractivity (Wildman–Crippen MR) is 66.4 cm³/mol. The maximum atomic E-state index is 9.93. The SMILES string of the molecule is C=CCS(=O)(=O)Cl.C=Cc1ccccc1. The van der Waals surface area contributed by atoms with Crippen LogP contribution in [-0.2, 0) is 9.05 Å². The molecule has 15 heavy (non-hydrogen) atoms. The fraction of sp³-hybridized carbons (Fsp3) is 0.0909. The van der Waals surface area contributed by atoms with Crippen molar-refractivity contribution in [3.63, 3.8) is 0 Å². The molecule has 0 aliphatic carbocycles. The van der Waals surface area contributed by atoms with Crippen molar-refractivity contribution in [2.45, 2.75) is 0 Å². The Kier molecular flexibility index (Phi) is 6.75. The summed E-state index contributed by atoms with van der Waals surface area (Å²) in [6, 6.07) is 10.0. The molecule has 0 saturated heterocycles. The lowest BCUT2D eigenvalue weighted by Crippen LogP contribution is -1.90. The monoisotopic (exact) mass is 244 g/mol. The average Bonchev–Trinajstić information content (AvgIpc) is 2.18. The molecule has 1 aromatic rings. The van der Waals surface area contributed by atoms with Crippen LogP contribution in [0.15, 0.2) is 49.6 Å². The highest BCUT2D eigenvalue weighted by Crippen LogP contribution is 1.97. The molecular weight excluding hydrogens is 232 g/mol. The van der Waals surface area contributed by atoms with Crippen LogP contribution in [-0.4, -0.2) is 14.2 Å². The molecule has 0 spiro atoms. The largest absolute Gasteiger partial charge is 0.236 e. The Labute approximate surface area is 95.3 Å². The van der Waals surface area contributed by atoms with Gasteiger partial charge < -0.3 is 0 Å². The van der Waals surface area contributed by atoms with Crippen LogP contribution >= 0.6 is 10.7 Å². The van der Waals surface area contributed by atoms with Gasteiger partial charge in [0, 0.05) is 10.7 Å². The van der Waals surface area contributed by atoms with E-state index in [9.17, 15) is 8.42 Å². The van der Waals surface area contributed by atoms with E-state index in [-0.39, 0.29) is 5.75 Å². The van der Waals surface area contributed by atoms with Gasteiger partial charge >= 0.3 is 0 Å². The molecule has 0 saturated carbocycles. The van der Waals surface area contributed by atoms with Crippen molar-refractivity contribution in [1.82, 2.24) is 0 Å². The van der Waals surface area contributed by atoms with Gasteiger partial charge in [-0.3, -0.25) is 0 Å². The molecule has 4 heteroatoms. The van der Waals surface area contributed by atoms with E-state index in [0.717, 1.165) is 0 Å². The fourth-order valence-electron chi connectivity index (χ4n) is 0.730. The smallest absolute Gasteiger partial charge is 0.212 e. The van der Waals surface area contributed by atoms with Gasteiger partial charge in [-0.05, 0) is 5.56 Å². The highest BCUT2D eigenvalue weighted by atomic mass is 35.7. The third kappa shape index (κ3) is 9.25. The van der Waals surface area contributed by atoms with Gasteiger partial charge in [0.1, 0.15) is 0 Å². The van der Waals surface area contributed by atoms with Gasteiger partial charge in [-0.1, -0.05) is 49.1 Å². The Bertz CT molecular complexity index is 396. The van der Waals surface area contributed by atoms with Crippen molar-refractivity contribution in [3.05, 3.63) is 55.1 Å². The van der Waals surface area contributed by atoms with E-state index in [2.05, 4.69) is 13.2 Å². The second-order valence-corrected chi connectivity index (χ2v) is 5.43. The highest BCUT2D eigenvalue weighted by Gasteiger charge is 1.97. The second-order valence-electron chi connectivity index (χ2n) is 2.61. The molecule has 82 valence electrons. The topological polar surface area (TPSA) is 34.1 Å². The zero-order chi connectivity index (χ0) is 11.7. The second kappa shape index (κ2) is 7.26.